The lowest BCUT2D eigenvalue weighted by Gasteiger charge is -2.02. The number of hydrogen-bond acceptors (Lipinski definition) is 4. The minimum atomic E-state index is -0.364. The second-order valence-corrected chi connectivity index (χ2v) is 6.81. The number of halogens is 1. The lowest BCUT2D eigenvalue weighted by atomic mass is 10.1. The van der Waals surface area contributed by atoms with Crippen LogP contribution in [0.5, 0.6) is 0 Å². The third kappa shape index (κ3) is 2.82. The van der Waals surface area contributed by atoms with Crippen molar-refractivity contribution in [2.24, 2.45) is 0 Å². The van der Waals surface area contributed by atoms with E-state index in [4.69, 9.17) is 5.26 Å². The van der Waals surface area contributed by atoms with Crippen LogP contribution in [0.25, 0.3) is 21.8 Å². The minimum absolute atomic E-state index is 0.101. The summed E-state index contributed by atoms with van der Waals surface area (Å²) in [6.07, 6.45) is 0. The van der Waals surface area contributed by atoms with Crippen LogP contribution in [0, 0.1) is 21.8 Å². The van der Waals surface area contributed by atoms with E-state index < -0.39 is 0 Å². The molecule has 0 spiro atoms. The highest BCUT2D eigenvalue weighted by Crippen LogP contribution is 2.30. The molecule has 0 saturated carbocycles. The maximum absolute atomic E-state index is 11.6. The first-order valence-electron chi connectivity index (χ1n) is 6.44. The third-order valence-corrected chi connectivity index (χ3v) is 4.84. The van der Waals surface area contributed by atoms with Crippen molar-refractivity contribution in [3.8, 4) is 27.9 Å². The van der Waals surface area contributed by atoms with Crippen LogP contribution >= 0.6 is 33.9 Å². The number of benzene rings is 1. The molecule has 1 aromatic carbocycles. The number of rotatable bonds is 2. The van der Waals surface area contributed by atoms with Crippen LogP contribution in [0.1, 0.15) is 11.3 Å². The molecule has 108 valence electrons. The second-order valence-electron chi connectivity index (χ2n) is 4.71. The summed E-state index contributed by atoms with van der Waals surface area (Å²) in [4.78, 5) is 18.9. The second kappa shape index (κ2) is 6.02. The summed E-state index contributed by atoms with van der Waals surface area (Å²) < 4.78 is 1.17. The van der Waals surface area contributed by atoms with E-state index in [-0.39, 0.29) is 11.1 Å². The van der Waals surface area contributed by atoms with E-state index in [1.807, 2.05) is 42.6 Å². The normalized spacial score (nSPS) is 10.4. The van der Waals surface area contributed by atoms with Gasteiger partial charge in [-0.2, -0.15) is 5.26 Å². The fraction of sp³-hybridized carbons (Fsp3) is 0.0625. The van der Waals surface area contributed by atoms with Crippen molar-refractivity contribution in [2.45, 2.75) is 6.92 Å². The molecule has 0 amide bonds. The van der Waals surface area contributed by atoms with Gasteiger partial charge >= 0.3 is 0 Å². The number of aromatic amines is 1. The van der Waals surface area contributed by atoms with Crippen LogP contribution in [0.2, 0.25) is 0 Å². The Morgan fingerprint density at radius 2 is 2.05 bits per heavy atom. The Kier molecular flexibility index (Phi) is 4.09. The van der Waals surface area contributed by atoms with Crippen LogP contribution in [-0.4, -0.2) is 9.97 Å². The fourth-order valence-corrected chi connectivity index (χ4v) is 3.28. The molecule has 6 heteroatoms. The number of H-pyrrole nitrogens is 1. The number of nitriles is 1. The number of thiazole rings is 1. The Balaban J connectivity index is 2.06. The van der Waals surface area contributed by atoms with Crippen molar-refractivity contribution < 1.29 is 0 Å². The molecule has 3 rings (SSSR count). The molecule has 3 aromatic rings. The largest absolute Gasteiger partial charge is 0.325 e. The molecule has 0 aliphatic rings. The maximum Gasteiger partial charge on any atom is 0.266 e. The summed E-state index contributed by atoms with van der Waals surface area (Å²) >= 11 is 3.81. The van der Waals surface area contributed by atoms with Gasteiger partial charge in [-0.15, -0.1) is 11.3 Å². The first-order valence-corrected chi connectivity index (χ1v) is 8.40. The lowest BCUT2D eigenvalue weighted by molar-refractivity contribution is 1.13. The topological polar surface area (TPSA) is 69.5 Å². The van der Waals surface area contributed by atoms with Crippen LogP contribution in [0.4, 0.5) is 0 Å². The van der Waals surface area contributed by atoms with Crippen molar-refractivity contribution in [2.75, 3.05) is 0 Å². The van der Waals surface area contributed by atoms with E-state index in [1.165, 1.54) is 3.57 Å². The number of nitrogens with zero attached hydrogens (tertiary/aromatic N) is 2. The van der Waals surface area contributed by atoms with Crippen molar-refractivity contribution >= 4 is 33.9 Å². The molecule has 2 aromatic heterocycles. The van der Waals surface area contributed by atoms with E-state index >= 15 is 0 Å². The van der Waals surface area contributed by atoms with Gasteiger partial charge in [0.1, 0.15) is 16.6 Å². The van der Waals surface area contributed by atoms with Gasteiger partial charge in [-0.3, -0.25) is 4.79 Å². The van der Waals surface area contributed by atoms with Crippen LogP contribution in [0.15, 0.2) is 40.5 Å². The monoisotopic (exact) mass is 419 g/mol. The first-order chi connectivity index (χ1) is 10.6. The predicted molar refractivity (Wildman–Crippen MR) is 95.8 cm³/mol. The molecular formula is C16H10IN3OS. The summed E-state index contributed by atoms with van der Waals surface area (Å²) in [7, 11) is 0. The first kappa shape index (κ1) is 14.9. The summed E-state index contributed by atoms with van der Waals surface area (Å²) in [6, 6.07) is 11.6. The Labute approximate surface area is 144 Å². The SMILES string of the molecule is Cc1[nH]c(=O)c(C#N)cc1-c1csc(-c2ccc(I)cc2)n1. The van der Waals surface area contributed by atoms with Gasteiger partial charge in [0, 0.05) is 25.8 Å². The molecule has 0 radical (unpaired) electrons. The van der Waals surface area contributed by atoms with Gasteiger partial charge in [-0.25, -0.2) is 4.98 Å². The van der Waals surface area contributed by atoms with E-state index in [1.54, 1.807) is 17.4 Å². The highest BCUT2D eigenvalue weighted by molar-refractivity contribution is 14.1. The van der Waals surface area contributed by atoms with Crippen molar-refractivity contribution in [3.05, 3.63) is 60.9 Å². The standard InChI is InChI=1S/C16H10IN3OS/c1-9-13(6-11(7-18)15(21)19-9)14-8-22-16(20-14)10-2-4-12(17)5-3-10/h2-6,8H,1H3,(H,19,21). The molecule has 0 aliphatic heterocycles. The zero-order chi connectivity index (χ0) is 15.7. The highest BCUT2D eigenvalue weighted by Gasteiger charge is 2.12. The zero-order valence-electron chi connectivity index (χ0n) is 11.6. The Morgan fingerprint density at radius 3 is 2.73 bits per heavy atom. The van der Waals surface area contributed by atoms with Crippen molar-refractivity contribution in [3.63, 3.8) is 0 Å². The molecule has 0 atom stereocenters. The quantitative estimate of drug-likeness (QED) is 0.640. The minimum Gasteiger partial charge on any atom is -0.325 e. The highest BCUT2D eigenvalue weighted by atomic mass is 127. The molecular weight excluding hydrogens is 409 g/mol. The number of aromatic nitrogens is 2. The van der Waals surface area contributed by atoms with Crippen LogP contribution < -0.4 is 5.56 Å². The summed E-state index contributed by atoms with van der Waals surface area (Å²) in [5.41, 5.74) is 3.05. The van der Waals surface area contributed by atoms with Crippen LogP contribution in [-0.2, 0) is 0 Å². The van der Waals surface area contributed by atoms with E-state index in [0.717, 1.165) is 21.8 Å². The van der Waals surface area contributed by atoms with Gasteiger partial charge in [0.05, 0.1) is 5.69 Å². The Hall–Kier alpha value is -1.98. The molecule has 0 unspecified atom stereocenters. The average molecular weight is 419 g/mol. The Morgan fingerprint density at radius 1 is 1.32 bits per heavy atom. The fourth-order valence-electron chi connectivity index (χ4n) is 2.09. The average Bonchev–Trinajstić information content (AvgIpc) is 2.98. The molecule has 0 fully saturated rings. The maximum atomic E-state index is 11.6. The smallest absolute Gasteiger partial charge is 0.266 e. The molecule has 4 nitrogen and oxygen atoms in total. The van der Waals surface area contributed by atoms with E-state index in [2.05, 4.69) is 32.6 Å². The van der Waals surface area contributed by atoms with Gasteiger partial charge < -0.3 is 4.98 Å². The number of aryl methyl sites for hydroxylation is 1. The summed E-state index contributed by atoms with van der Waals surface area (Å²) in [6.45, 7) is 1.81. The molecule has 0 saturated heterocycles. The number of pyridine rings is 1. The van der Waals surface area contributed by atoms with Gasteiger partial charge in [-0.05, 0) is 47.7 Å². The van der Waals surface area contributed by atoms with E-state index in [9.17, 15) is 4.79 Å². The predicted octanol–water partition coefficient (Wildman–Crippen LogP) is 3.95. The lowest BCUT2D eigenvalue weighted by Crippen LogP contribution is -2.11. The van der Waals surface area contributed by atoms with Crippen molar-refractivity contribution in [1.82, 2.24) is 9.97 Å². The molecule has 0 bridgehead atoms. The van der Waals surface area contributed by atoms with Gasteiger partial charge in [0.15, 0.2) is 0 Å². The van der Waals surface area contributed by atoms with Gasteiger partial charge in [0.25, 0.3) is 5.56 Å². The Bertz CT molecular complexity index is 935. The molecule has 22 heavy (non-hydrogen) atoms. The zero-order valence-corrected chi connectivity index (χ0v) is 14.5. The summed E-state index contributed by atoms with van der Waals surface area (Å²) in [5, 5.41) is 11.9. The van der Waals surface area contributed by atoms with Crippen LogP contribution in [0.3, 0.4) is 0 Å². The van der Waals surface area contributed by atoms with Gasteiger partial charge in [-0.1, -0.05) is 12.1 Å². The number of hydrogen-bond donors (Lipinski definition) is 1. The number of nitrogens with one attached hydrogen (secondary N) is 1. The molecule has 0 aliphatic carbocycles. The third-order valence-electron chi connectivity index (χ3n) is 3.23. The van der Waals surface area contributed by atoms with E-state index in [0.29, 0.717) is 5.69 Å². The molecule has 2 heterocycles. The van der Waals surface area contributed by atoms with Gasteiger partial charge in [0.2, 0.25) is 0 Å². The molecule has 1 N–H and O–H groups in total. The van der Waals surface area contributed by atoms with Crippen molar-refractivity contribution in [1.29, 1.82) is 5.26 Å². The summed E-state index contributed by atoms with van der Waals surface area (Å²) in [5.74, 6) is 0.